The maximum Gasteiger partial charge on any atom is 0.326 e. The number of benzene rings is 2. The second-order valence-electron chi connectivity index (χ2n) is 17.7. The molecule has 1 saturated heterocycles. The molecule has 71 heavy (non-hydrogen) atoms. The van der Waals surface area contributed by atoms with Crippen LogP contribution in [0.15, 0.2) is 58.8 Å². The van der Waals surface area contributed by atoms with Crippen molar-refractivity contribution in [2.75, 3.05) is 45.2 Å². The van der Waals surface area contributed by atoms with E-state index in [-0.39, 0.29) is 44.5 Å². The number of nitrogens with zero attached hydrogens (tertiary/aromatic N) is 4. The van der Waals surface area contributed by atoms with Crippen molar-refractivity contribution in [1.82, 2.24) is 36.8 Å². The Morgan fingerprint density at radius 2 is 1.23 bits per heavy atom. The third-order valence-corrected chi connectivity index (χ3v) is 11.5. The first-order chi connectivity index (χ1) is 33.7. The van der Waals surface area contributed by atoms with Crippen LogP contribution in [0.3, 0.4) is 0 Å². The van der Waals surface area contributed by atoms with Gasteiger partial charge in [-0.2, -0.15) is 10.2 Å². The Bertz CT molecular complexity index is 2170. The van der Waals surface area contributed by atoms with Gasteiger partial charge in [0.15, 0.2) is 0 Å². The van der Waals surface area contributed by atoms with Crippen molar-refractivity contribution >= 4 is 70.4 Å². The van der Waals surface area contributed by atoms with E-state index in [1.54, 1.807) is 26.0 Å². The van der Waals surface area contributed by atoms with Gasteiger partial charge in [0.25, 0.3) is 5.91 Å². The smallest absolute Gasteiger partial charge is 0.326 e. The van der Waals surface area contributed by atoms with Crippen molar-refractivity contribution in [2.24, 2.45) is 27.6 Å². The Hall–Kier alpha value is -7.05. The van der Waals surface area contributed by atoms with Gasteiger partial charge in [0, 0.05) is 31.9 Å². The van der Waals surface area contributed by atoms with Crippen LogP contribution in [0.4, 0.5) is 17.1 Å². The van der Waals surface area contributed by atoms with E-state index in [4.69, 9.17) is 16.6 Å². The fourth-order valence-electron chi connectivity index (χ4n) is 7.45. The molecular formula is C47H70N12O12. The monoisotopic (exact) mass is 995 g/mol. The molecule has 2 aromatic carbocycles. The maximum absolute atomic E-state index is 14.0. The van der Waals surface area contributed by atoms with E-state index in [1.807, 2.05) is 43.3 Å². The Kier molecular flexibility index (Phi) is 24.0. The number of aliphatic hydroxyl groups is 1. The number of aliphatic carboxylic acids is 2. The number of carboxylic acids is 2. The number of carbonyl (C=O) groups is 9. The number of unbranched alkanes of at least 4 members (excludes halogenated alkanes) is 2. The number of hydrogen-bond acceptors (Lipinski definition) is 15. The molecule has 2 aromatic rings. The van der Waals surface area contributed by atoms with Crippen LogP contribution >= 0.6 is 0 Å². The van der Waals surface area contributed by atoms with Crippen molar-refractivity contribution in [3.63, 3.8) is 0 Å². The number of aliphatic hydroxyl groups excluding tert-OH is 1. The summed E-state index contributed by atoms with van der Waals surface area (Å²) in [5, 5.41) is 52.7. The fraction of sp³-hybridized carbons (Fsp3) is 0.553. The van der Waals surface area contributed by atoms with E-state index >= 15 is 0 Å². The molecule has 1 heterocycles. The summed E-state index contributed by atoms with van der Waals surface area (Å²) in [6, 6.07) is 5.34. The van der Waals surface area contributed by atoms with Crippen molar-refractivity contribution in [3.8, 4) is 0 Å². The van der Waals surface area contributed by atoms with Crippen molar-refractivity contribution in [2.45, 2.75) is 121 Å². The van der Waals surface area contributed by atoms with E-state index in [0.717, 1.165) is 5.69 Å². The lowest BCUT2D eigenvalue weighted by Crippen LogP contribution is -2.61. The summed E-state index contributed by atoms with van der Waals surface area (Å²) in [7, 11) is 3.86. The van der Waals surface area contributed by atoms with E-state index in [1.165, 1.54) is 24.0 Å². The number of nitrogens with one attached hydrogen (secondary N) is 6. The van der Waals surface area contributed by atoms with Gasteiger partial charge in [-0.05, 0) is 126 Å². The first-order valence-electron chi connectivity index (χ1n) is 23.6. The Balaban J connectivity index is 1.66. The first kappa shape index (κ1) is 58.3. The highest BCUT2D eigenvalue weighted by Crippen LogP contribution is 2.23. The van der Waals surface area contributed by atoms with Crippen LogP contribution in [-0.4, -0.2) is 156 Å². The third-order valence-electron chi connectivity index (χ3n) is 11.5. The molecule has 0 bridgehead atoms. The third kappa shape index (κ3) is 19.0. The van der Waals surface area contributed by atoms with Crippen LogP contribution < -0.4 is 48.3 Å². The number of carboxylic acid groups (broad SMARTS) is 2. The molecule has 1 aliphatic heterocycles. The number of anilines is 1. The van der Waals surface area contributed by atoms with Crippen LogP contribution in [-0.2, 0) is 38.4 Å². The molecule has 1 aliphatic rings. The second-order valence-corrected chi connectivity index (χ2v) is 17.7. The number of carbonyl (C=O) groups excluding carboxylic acids is 7. The Morgan fingerprint density at radius 1 is 0.704 bits per heavy atom. The van der Waals surface area contributed by atoms with E-state index < -0.39 is 115 Å². The van der Waals surface area contributed by atoms with Gasteiger partial charge in [0.05, 0.1) is 30.4 Å². The molecule has 1 fully saturated rings. The number of azo groups is 1. The van der Waals surface area contributed by atoms with Gasteiger partial charge < -0.3 is 68.5 Å². The van der Waals surface area contributed by atoms with Crippen LogP contribution in [0, 0.1) is 5.92 Å². The zero-order valence-electron chi connectivity index (χ0n) is 40.9. The summed E-state index contributed by atoms with van der Waals surface area (Å²) in [6.45, 7) is 4.76. The summed E-state index contributed by atoms with van der Waals surface area (Å²) in [4.78, 5) is 121. The van der Waals surface area contributed by atoms with Gasteiger partial charge in [-0.3, -0.25) is 38.4 Å². The number of rotatable bonds is 29. The molecule has 0 aromatic heterocycles. The highest BCUT2D eigenvalue weighted by Gasteiger charge is 2.41. The predicted molar refractivity (Wildman–Crippen MR) is 260 cm³/mol. The van der Waals surface area contributed by atoms with E-state index in [9.17, 15) is 53.4 Å². The minimum Gasteiger partial charge on any atom is -0.481 e. The lowest BCUT2D eigenvalue weighted by atomic mass is 10.0. The fourth-order valence-corrected chi connectivity index (χ4v) is 7.45. The molecule has 13 N–H and O–H groups in total. The lowest BCUT2D eigenvalue weighted by Gasteiger charge is -2.32. The molecular weight excluding hydrogens is 925 g/mol. The lowest BCUT2D eigenvalue weighted by molar-refractivity contribution is -0.147. The molecule has 24 heteroatoms. The quantitative estimate of drug-likeness (QED) is 0.0382. The minimum absolute atomic E-state index is 0.00527. The van der Waals surface area contributed by atoms with Gasteiger partial charge in [0.2, 0.25) is 35.4 Å². The number of hydrogen-bond donors (Lipinski definition) is 11. The molecule has 0 aliphatic carbocycles. The second kappa shape index (κ2) is 29.2. The molecule has 0 saturated carbocycles. The molecule has 0 unspecified atom stereocenters. The molecule has 7 amide bonds. The summed E-state index contributed by atoms with van der Waals surface area (Å²) in [5.41, 5.74) is 13.7. The molecule has 7 atom stereocenters. The zero-order chi connectivity index (χ0) is 52.8. The topological polar surface area (TPSA) is 370 Å². The standard InChI is InChI=1S/C47H70N12O12/c1-27(2)39(54-37(61)26-50-41(64)29-14-16-30(17-15-29)56-57-31-18-20-32(21-19-31)58(4)5)46(69)59-24-10-13-36(59)44(67)55-40(28(3)60)45(68)52-34(12-7-9-23-49)42(65)51-33(11-6-8-22-48)43(66)53-35(47(70)71)25-38(62)63/h14-21,27-28,33-36,39-40,60H,6-13,22-26,48-49H2,1-5H3,(H,50,64)(H,51,65)(H,52,68)(H,53,66)(H,54,61)(H,55,67)(H,62,63)(H,70,71)/t28-,33+,34+,35+,36+,39+,40+/m1/s1. The first-order valence-corrected chi connectivity index (χ1v) is 23.6. The number of amides is 7. The summed E-state index contributed by atoms with van der Waals surface area (Å²) >= 11 is 0. The van der Waals surface area contributed by atoms with Gasteiger partial charge in [-0.1, -0.05) is 13.8 Å². The van der Waals surface area contributed by atoms with Crippen molar-refractivity contribution < 1.29 is 58.5 Å². The van der Waals surface area contributed by atoms with E-state index in [0.29, 0.717) is 43.5 Å². The van der Waals surface area contributed by atoms with E-state index in [2.05, 4.69) is 42.1 Å². The molecule has 0 spiro atoms. The Morgan fingerprint density at radius 3 is 1.70 bits per heavy atom. The van der Waals surface area contributed by atoms with Gasteiger partial charge >= 0.3 is 11.9 Å². The van der Waals surface area contributed by atoms with Crippen molar-refractivity contribution in [3.05, 3.63) is 54.1 Å². The van der Waals surface area contributed by atoms with Crippen LogP contribution in [0.1, 0.15) is 88.9 Å². The number of nitrogens with two attached hydrogens (primary N) is 2. The maximum atomic E-state index is 14.0. The zero-order valence-corrected chi connectivity index (χ0v) is 40.9. The van der Waals surface area contributed by atoms with Gasteiger partial charge in [-0.15, -0.1) is 0 Å². The number of likely N-dealkylation sites (tertiary alicyclic amines) is 1. The van der Waals surface area contributed by atoms with Crippen LogP contribution in [0.5, 0.6) is 0 Å². The molecule has 390 valence electrons. The molecule has 3 rings (SSSR count). The van der Waals surface area contributed by atoms with Crippen LogP contribution in [0.2, 0.25) is 0 Å². The summed E-state index contributed by atoms with van der Waals surface area (Å²) in [6.07, 6.45) is -0.407. The Labute approximate surface area is 412 Å². The largest absolute Gasteiger partial charge is 0.481 e. The molecule has 24 nitrogen and oxygen atoms in total. The highest BCUT2D eigenvalue weighted by atomic mass is 16.4. The SMILES string of the molecule is CC(C)[C@H](NC(=O)CNC(=O)c1ccc(N=Nc2ccc(N(C)C)cc2)cc1)C(=O)N1CCC[C@H]1C(=O)N[C@H](C(=O)N[C@@H](CCCCN)C(=O)N[C@@H](CCCCN)C(=O)N[C@@H](CC(=O)O)C(=O)O)[C@@H](C)O. The highest BCUT2D eigenvalue weighted by molar-refractivity contribution is 5.99. The predicted octanol–water partition coefficient (Wildman–Crippen LogP) is 0.167. The summed E-state index contributed by atoms with van der Waals surface area (Å²) in [5.74, 6) is -8.99. The minimum atomic E-state index is -1.80. The van der Waals surface area contributed by atoms with Gasteiger partial charge in [-0.25, -0.2) is 4.79 Å². The summed E-state index contributed by atoms with van der Waals surface area (Å²) < 4.78 is 0. The van der Waals surface area contributed by atoms with Crippen molar-refractivity contribution in [1.29, 1.82) is 0 Å². The average molecular weight is 995 g/mol. The average Bonchev–Trinajstić information content (AvgIpc) is 3.83. The normalized spacial score (nSPS) is 15.9. The van der Waals surface area contributed by atoms with Gasteiger partial charge in [0.1, 0.15) is 36.3 Å². The van der Waals surface area contributed by atoms with Crippen LogP contribution in [0.25, 0.3) is 0 Å². The molecule has 0 radical (unpaired) electrons.